The van der Waals surface area contributed by atoms with E-state index in [0.29, 0.717) is 21.7 Å². The van der Waals surface area contributed by atoms with Gasteiger partial charge in [0.25, 0.3) is 5.56 Å². The van der Waals surface area contributed by atoms with Gasteiger partial charge in [0.2, 0.25) is 5.91 Å². The van der Waals surface area contributed by atoms with Crippen LogP contribution in [0, 0.1) is 5.82 Å². The number of halogens is 2. The molecule has 1 aromatic heterocycles. The van der Waals surface area contributed by atoms with Gasteiger partial charge >= 0.3 is 0 Å². The zero-order valence-electron chi connectivity index (χ0n) is 17.7. The standard InChI is InChI=1S/C24H25ClFN3O2S/c25-19-14-17(12-13-20(19)26)29-23(31)18-10-6-7-11-21(18)28-24(29)32-15-22(30)27-16-8-4-2-1-3-5-9-16/h6-7,10-14,16H,1-5,8-9,15H2,(H,27,30). The molecule has 1 aliphatic rings. The molecule has 1 N–H and O–H groups in total. The van der Waals surface area contributed by atoms with Crippen LogP contribution in [0.25, 0.3) is 16.6 Å². The molecule has 0 spiro atoms. The van der Waals surface area contributed by atoms with E-state index in [-0.39, 0.29) is 28.3 Å². The number of nitrogens with one attached hydrogen (secondary N) is 1. The number of rotatable bonds is 5. The third kappa shape index (κ3) is 5.33. The highest BCUT2D eigenvalue weighted by molar-refractivity contribution is 7.99. The first-order chi connectivity index (χ1) is 15.5. The van der Waals surface area contributed by atoms with Crippen LogP contribution in [0.5, 0.6) is 0 Å². The van der Waals surface area contributed by atoms with Crippen LogP contribution in [0.2, 0.25) is 5.02 Å². The normalized spacial score (nSPS) is 15.3. The molecule has 5 nitrogen and oxygen atoms in total. The van der Waals surface area contributed by atoms with Gasteiger partial charge in [0, 0.05) is 6.04 Å². The summed E-state index contributed by atoms with van der Waals surface area (Å²) in [5, 5.41) is 3.86. The highest BCUT2D eigenvalue weighted by atomic mass is 35.5. The van der Waals surface area contributed by atoms with E-state index in [9.17, 15) is 14.0 Å². The molecule has 0 aliphatic heterocycles. The van der Waals surface area contributed by atoms with Crippen molar-refractivity contribution in [2.24, 2.45) is 0 Å². The molecule has 1 amide bonds. The lowest BCUT2D eigenvalue weighted by molar-refractivity contribution is -0.119. The maximum atomic E-state index is 13.7. The molecule has 8 heteroatoms. The summed E-state index contributed by atoms with van der Waals surface area (Å²) in [4.78, 5) is 30.5. The molecule has 0 bridgehead atoms. The molecule has 1 heterocycles. The molecule has 2 aromatic carbocycles. The lowest BCUT2D eigenvalue weighted by Gasteiger charge is -2.21. The van der Waals surface area contributed by atoms with E-state index in [2.05, 4.69) is 10.3 Å². The van der Waals surface area contributed by atoms with Gasteiger partial charge in [-0.1, -0.05) is 67.6 Å². The smallest absolute Gasteiger partial charge is 0.266 e. The fraction of sp³-hybridized carbons (Fsp3) is 0.375. The first-order valence-corrected chi connectivity index (χ1v) is 12.3. The van der Waals surface area contributed by atoms with Gasteiger partial charge in [-0.05, 0) is 43.2 Å². The van der Waals surface area contributed by atoms with Crippen molar-refractivity contribution < 1.29 is 9.18 Å². The fourth-order valence-corrected chi connectivity index (χ4v) is 5.06. The number of nitrogens with zero attached hydrogens (tertiary/aromatic N) is 2. The van der Waals surface area contributed by atoms with Crippen LogP contribution in [0.1, 0.15) is 44.9 Å². The van der Waals surface area contributed by atoms with Gasteiger partial charge in [0.05, 0.1) is 27.4 Å². The largest absolute Gasteiger partial charge is 0.353 e. The highest BCUT2D eigenvalue weighted by Gasteiger charge is 2.18. The Labute approximate surface area is 195 Å². The van der Waals surface area contributed by atoms with Crippen molar-refractivity contribution in [1.82, 2.24) is 14.9 Å². The lowest BCUT2D eigenvalue weighted by Crippen LogP contribution is -2.36. The highest BCUT2D eigenvalue weighted by Crippen LogP contribution is 2.24. The SMILES string of the molecule is O=C(CSc1nc2ccccc2c(=O)n1-c1ccc(F)c(Cl)c1)NC1CCCCCCC1. The number of hydrogen-bond acceptors (Lipinski definition) is 4. The summed E-state index contributed by atoms with van der Waals surface area (Å²) in [6.45, 7) is 0. The second-order valence-electron chi connectivity index (χ2n) is 8.05. The molecular formula is C24H25ClFN3O2S. The second kappa shape index (κ2) is 10.5. The first-order valence-electron chi connectivity index (χ1n) is 10.9. The average molecular weight is 474 g/mol. The minimum absolute atomic E-state index is 0.0772. The quantitative estimate of drug-likeness (QED) is 0.392. The number of para-hydroxylation sites is 1. The van der Waals surface area contributed by atoms with Crippen molar-refractivity contribution in [2.45, 2.75) is 56.1 Å². The van der Waals surface area contributed by atoms with Crippen molar-refractivity contribution in [1.29, 1.82) is 0 Å². The maximum Gasteiger partial charge on any atom is 0.266 e. The minimum atomic E-state index is -0.565. The average Bonchev–Trinajstić information content (AvgIpc) is 2.76. The van der Waals surface area contributed by atoms with Crippen LogP contribution in [-0.2, 0) is 4.79 Å². The Morgan fingerprint density at radius 3 is 2.59 bits per heavy atom. The van der Waals surface area contributed by atoms with E-state index in [4.69, 9.17) is 11.6 Å². The third-order valence-corrected chi connectivity index (χ3v) is 6.94. The molecular weight excluding hydrogens is 449 g/mol. The summed E-state index contributed by atoms with van der Waals surface area (Å²) in [6.07, 6.45) is 7.98. The van der Waals surface area contributed by atoms with E-state index >= 15 is 0 Å². The molecule has 1 fully saturated rings. The van der Waals surface area contributed by atoms with Crippen LogP contribution in [0.15, 0.2) is 52.4 Å². The van der Waals surface area contributed by atoms with E-state index in [1.807, 2.05) is 6.07 Å². The number of carbonyl (C=O) groups excluding carboxylic acids is 1. The summed E-state index contributed by atoms with van der Waals surface area (Å²) in [5.74, 6) is -0.507. The molecule has 0 saturated heterocycles. The molecule has 0 atom stereocenters. The number of thioether (sulfide) groups is 1. The van der Waals surface area contributed by atoms with Crippen molar-refractivity contribution in [2.75, 3.05) is 5.75 Å². The maximum absolute atomic E-state index is 13.7. The predicted octanol–water partition coefficient (Wildman–Crippen LogP) is 5.50. The van der Waals surface area contributed by atoms with Crippen LogP contribution in [0.3, 0.4) is 0 Å². The Balaban J connectivity index is 1.60. The van der Waals surface area contributed by atoms with Crippen molar-refractivity contribution in [3.8, 4) is 5.69 Å². The molecule has 4 rings (SSSR count). The molecule has 168 valence electrons. The van der Waals surface area contributed by atoms with Gasteiger partial charge in [-0.2, -0.15) is 0 Å². The van der Waals surface area contributed by atoms with Gasteiger partial charge in [-0.25, -0.2) is 9.37 Å². The number of carbonyl (C=O) groups is 1. The molecule has 0 radical (unpaired) electrons. The van der Waals surface area contributed by atoms with Crippen LogP contribution in [-0.4, -0.2) is 27.3 Å². The van der Waals surface area contributed by atoms with Crippen LogP contribution in [0.4, 0.5) is 4.39 Å². The zero-order chi connectivity index (χ0) is 22.5. The summed E-state index contributed by atoms with van der Waals surface area (Å²) in [7, 11) is 0. The lowest BCUT2D eigenvalue weighted by atomic mass is 9.97. The first kappa shape index (κ1) is 22.8. The van der Waals surface area contributed by atoms with Gasteiger partial charge < -0.3 is 5.32 Å². The van der Waals surface area contributed by atoms with Crippen LogP contribution >= 0.6 is 23.4 Å². The predicted molar refractivity (Wildman–Crippen MR) is 127 cm³/mol. The topological polar surface area (TPSA) is 64.0 Å². The van der Waals surface area contributed by atoms with E-state index in [1.54, 1.807) is 18.2 Å². The number of aromatic nitrogens is 2. The number of benzene rings is 2. The number of fused-ring (bicyclic) bond motifs is 1. The van der Waals surface area contributed by atoms with Gasteiger partial charge in [0.15, 0.2) is 5.16 Å². The molecule has 32 heavy (non-hydrogen) atoms. The Bertz CT molecular complexity index is 1180. The molecule has 1 aliphatic carbocycles. The second-order valence-corrected chi connectivity index (χ2v) is 9.40. The number of amides is 1. The van der Waals surface area contributed by atoms with Crippen molar-refractivity contribution in [3.05, 3.63) is 63.7 Å². The zero-order valence-corrected chi connectivity index (χ0v) is 19.2. The molecule has 3 aromatic rings. The van der Waals surface area contributed by atoms with Gasteiger partial charge in [-0.3, -0.25) is 14.2 Å². The number of hydrogen-bond donors (Lipinski definition) is 1. The summed E-state index contributed by atoms with van der Waals surface area (Å²) >= 11 is 7.16. The van der Waals surface area contributed by atoms with Gasteiger partial charge in [0.1, 0.15) is 5.82 Å². The Morgan fingerprint density at radius 2 is 1.84 bits per heavy atom. The van der Waals surface area contributed by atoms with Crippen molar-refractivity contribution in [3.63, 3.8) is 0 Å². The Hall–Kier alpha value is -2.38. The summed E-state index contributed by atoms with van der Waals surface area (Å²) in [6, 6.07) is 11.3. The fourth-order valence-electron chi connectivity index (χ4n) is 4.06. The van der Waals surface area contributed by atoms with E-state index in [0.717, 1.165) is 25.7 Å². The monoisotopic (exact) mass is 473 g/mol. The Kier molecular flexibility index (Phi) is 7.48. The summed E-state index contributed by atoms with van der Waals surface area (Å²) in [5.41, 5.74) is 0.661. The Morgan fingerprint density at radius 1 is 1.12 bits per heavy atom. The van der Waals surface area contributed by atoms with Crippen molar-refractivity contribution >= 4 is 40.2 Å². The molecule has 0 unspecified atom stereocenters. The van der Waals surface area contributed by atoms with Gasteiger partial charge in [-0.15, -0.1) is 0 Å². The van der Waals surface area contributed by atoms with E-state index < -0.39 is 5.82 Å². The summed E-state index contributed by atoms with van der Waals surface area (Å²) < 4.78 is 15.1. The van der Waals surface area contributed by atoms with Crippen LogP contribution < -0.4 is 10.9 Å². The molecule has 1 saturated carbocycles. The minimum Gasteiger partial charge on any atom is -0.353 e. The third-order valence-electron chi connectivity index (χ3n) is 5.71. The van der Waals surface area contributed by atoms with E-state index in [1.165, 1.54) is 53.8 Å².